The first-order valence-corrected chi connectivity index (χ1v) is 7.04. The molecule has 0 aromatic heterocycles. The maximum Gasteiger partial charge on any atom is 0.0991 e. The summed E-state index contributed by atoms with van der Waals surface area (Å²) in [6, 6.07) is 18.9. The summed E-state index contributed by atoms with van der Waals surface area (Å²) in [4.78, 5) is 0. The van der Waals surface area contributed by atoms with Crippen LogP contribution in [0.2, 0.25) is 0 Å². The van der Waals surface area contributed by atoms with Gasteiger partial charge in [-0.05, 0) is 42.2 Å². The van der Waals surface area contributed by atoms with E-state index in [1.54, 1.807) is 0 Å². The minimum absolute atomic E-state index is 0.316. The maximum atomic E-state index is 8.77. The van der Waals surface area contributed by atoms with Crippen molar-refractivity contribution in [2.75, 3.05) is 0 Å². The summed E-state index contributed by atoms with van der Waals surface area (Å²) in [6.45, 7) is 5.15. The van der Waals surface area contributed by atoms with E-state index < -0.39 is 0 Å². The molecule has 0 spiro atoms. The van der Waals surface area contributed by atoms with Gasteiger partial charge in [0, 0.05) is 12.6 Å². The van der Waals surface area contributed by atoms with Gasteiger partial charge < -0.3 is 5.32 Å². The monoisotopic (exact) mass is 264 g/mol. The quantitative estimate of drug-likeness (QED) is 0.887. The SMILES string of the molecule is CCc1ccc(C(C)NCc2ccc(C#N)cc2)cc1. The minimum atomic E-state index is 0.316. The van der Waals surface area contributed by atoms with E-state index in [2.05, 4.69) is 49.5 Å². The fourth-order valence-electron chi connectivity index (χ4n) is 2.13. The molecule has 2 aromatic carbocycles. The molecule has 2 heteroatoms. The van der Waals surface area contributed by atoms with Crippen LogP contribution in [0.15, 0.2) is 48.5 Å². The van der Waals surface area contributed by atoms with Crippen molar-refractivity contribution in [3.8, 4) is 6.07 Å². The van der Waals surface area contributed by atoms with Gasteiger partial charge in [-0.15, -0.1) is 0 Å². The number of benzene rings is 2. The second-order valence-corrected chi connectivity index (χ2v) is 5.01. The molecule has 0 heterocycles. The zero-order valence-corrected chi connectivity index (χ0v) is 12.1. The molecule has 1 N–H and O–H groups in total. The predicted molar refractivity (Wildman–Crippen MR) is 82.2 cm³/mol. The average Bonchev–Trinajstić information content (AvgIpc) is 2.53. The van der Waals surface area contributed by atoms with Gasteiger partial charge in [-0.1, -0.05) is 43.3 Å². The van der Waals surface area contributed by atoms with Gasteiger partial charge in [0.15, 0.2) is 0 Å². The number of hydrogen-bond donors (Lipinski definition) is 1. The van der Waals surface area contributed by atoms with Crippen molar-refractivity contribution in [3.63, 3.8) is 0 Å². The molecule has 20 heavy (non-hydrogen) atoms. The molecule has 0 aliphatic rings. The van der Waals surface area contributed by atoms with Gasteiger partial charge in [0.2, 0.25) is 0 Å². The number of hydrogen-bond acceptors (Lipinski definition) is 2. The summed E-state index contributed by atoms with van der Waals surface area (Å²) in [7, 11) is 0. The van der Waals surface area contributed by atoms with Crippen LogP contribution >= 0.6 is 0 Å². The smallest absolute Gasteiger partial charge is 0.0991 e. The molecule has 0 fully saturated rings. The second kappa shape index (κ2) is 6.88. The van der Waals surface area contributed by atoms with E-state index in [1.165, 1.54) is 16.7 Å². The summed E-state index contributed by atoms with van der Waals surface area (Å²) in [5.74, 6) is 0. The molecule has 0 aliphatic carbocycles. The van der Waals surface area contributed by atoms with Gasteiger partial charge in [0.25, 0.3) is 0 Å². The van der Waals surface area contributed by atoms with Crippen LogP contribution in [-0.4, -0.2) is 0 Å². The topological polar surface area (TPSA) is 35.8 Å². The molecule has 0 saturated carbocycles. The molecule has 2 nitrogen and oxygen atoms in total. The Hall–Kier alpha value is -2.11. The largest absolute Gasteiger partial charge is 0.306 e. The summed E-state index contributed by atoms with van der Waals surface area (Å²) in [5.41, 5.74) is 4.57. The fraction of sp³-hybridized carbons (Fsp3) is 0.278. The van der Waals surface area contributed by atoms with Crippen molar-refractivity contribution in [1.82, 2.24) is 5.32 Å². The van der Waals surface area contributed by atoms with Gasteiger partial charge in [0.05, 0.1) is 11.6 Å². The molecule has 0 aliphatic heterocycles. The van der Waals surface area contributed by atoms with E-state index in [0.717, 1.165) is 13.0 Å². The Labute approximate surface area is 121 Å². The number of rotatable bonds is 5. The lowest BCUT2D eigenvalue weighted by atomic mass is 10.0. The van der Waals surface area contributed by atoms with Crippen molar-refractivity contribution >= 4 is 0 Å². The average molecular weight is 264 g/mol. The van der Waals surface area contributed by atoms with Crippen LogP contribution in [0.3, 0.4) is 0 Å². The Balaban J connectivity index is 1.93. The van der Waals surface area contributed by atoms with Gasteiger partial charge in [-0.2, -0.15) is 5.26 Å². The number of aryl methyl sites for hydroxylation is 1. The van der Waals surface area contributed by atoms with Crippen LogP contribution in [0.25, 0.3) is 0 Å². The highest BCUT2D eigenvalue weighted by atomic mass is 14.9. The summed E-state index contributed by atoms with van der Waals surface area (Å²) in [6.07, 6.45) is 1.08. The van der Waals surface area contributed by atoms with Gasteiger partial charge >= 0.3 is 0 Å². The number of nitrogens with zero attached hydrogens (tertiary/aromatic N) is 1. The Morgan fingerprint density at radius 1 is 1.00 bits per heavy atom. The van der Waals surface area contributed by atoms with Crippen LogP contribution in [0.1, 0.15) is 42.1 Å². The fourth-order valence-corrected chi connectivity index (χ4v) is 2.13. The van der Waals surface area contributed by atoms with Crippen LogP contribution in [0.5, 0.6) is 0 Å². The third-order valence-electron chi connectivity index (χ3n) is 3.58. The van der Waals surface area contributed by atoms with Gasteiger partial charge in [0.1, 0.15) is 0 Å². The molecule has 1 unspecified atom stereocenters. The lowest BCUT2D eigenvalue weighted by molar-refractivity contribution is 0.574. The van der Waals surface area contributed by atoms with Crippen molar-refractivity contribution in [2.24, 2.45) is 0 Å². The molecule has 0 amide bonds. The van der Waals surface area contributed by atoms with Crippen LogP contribution in [0.4, 0.5) is 0 Å². The first-order valence-electron chi connectivity index (χ1n) is 7.04. The van der Waals surface area contributed by atoms with Gasteiger partial charge in [-0.3, -0.25) is 0 Å². The van der Waals surface area contributed by atoms with E-state index in [0.29, 0.717) is 11.6 Å². The Bertz CT molecular complexity index is 576. The van der Waals surface area contributed by atoms with E-state index >= 15 is 0 Å². The van der Waals surface area contributed by atoms with E-state index in [-0.39, 0.29) is 0 Å². The van der Waals surface area contributed by atoms with Crippen molar-refractivity contribution in [3.05, 3.63) is 70.8 Å². The first kappa shape index (κ1) is 14.3. The molecular formula is C18H20N2. The molecule has 2 aromatic rings. The van der Waals surface area contributed by atoms with Crippen LogP contribution in [0, 0.1) is 11.3 Å². The molecule has 0 saturated heterocycles. The molecule has 1 atom stereocenters. The van der Waals surface area contributed by atoms with Crippen molar-refractivity contribution < 1.29 is 0 Å². The Morgan fingerprint density at radius 2 is 1.60 bits per heavy atom. The van der Waals surface area contributed by atoms with Gasteiger partial charge in [-0.25, -0.2) is 0 Å². The summed E-state index contributed by atoms with van der Waals surface area (Å²) in [5, 5.41) is 12.3. The molecule has 0 radical (unpaired) electrons. The summed E-state index contributed by atoms with van der Waals surface area (Å²) >= 11 is 0. The minimum Gasteiger partial charge on any atom is -0.306 e. The highest BCUT2D eigenvalue weighted by Crippen LogP contribution is 2.14. The Morgan fingerprint density at radius 3 is 2.15 bits per heavy atom. The lowest BCUT2D eigenvalue weighted by Crippen LogP contribution is -2.18. The third-order valence-corrected chi connectivity index (χ3v) is 3.58. The molecule has 2 rings (SSSR count). The second-order valence-electron chi connectivity index (χ2n) is 5.01. The van der Waals surface area contributed by atoms with Crippen LogP contribution < -0.4 is 5.32 Å². The molecule has 0 bridgehead atoms. The number of nitrogens with one attached hydrogen (secondary N) is 1. The highest BCUT2D eigenvalue weighted by molar-refractivity contribution is 5.31. The molecule has 102 valence electrons. The zero-order valence-electron chi connectivity index (χ0n) is 12.1. The lowest BCUT2D eigenvalue weighted by Gasteiger charge is -2.15. The highest BCUT2D eigenvalue weighted by Gasteiger charge is 2.04. The Kier molecular flexibility index (Phi) is 4.92. The molecular weight excluding hydrogens is 244 g/mol. The standard InChI is InChI=1S/C18H20N2/c1-3-15-8-10-18(11-9-15)14(2)20-13-17-6-4-16(12-19)5-7-17/h4-11,14,20H,3,13H2,1-2H3. The van der Waals surface area contributed by atoms with Crippen molar-refractivity contribution in [1.29, 1.82) is 5.26 Å². The third kappa shape index (κ3) is 3.69. The predicted octanol–water partition coefficient (Wildman–Crippen LogP) is 3.97. The van der Waals surface area contributed by atoms with E-state index in [9.17, 15) is 0 Å². The van der Waals surface area contributed by atoms with Crippen molar-refractivity contribution in [2.45, 2.75) is 32.9 Å². The number of nitriles is 1. The maximum absolute atomic E-state index is 8.77. The van der Waals surface area contributed by atoms with Crippen LogP contribution in [-0.2, 0) is 13.0 Å². The summed E-state index contributed by atoms with van der Waals surface area (Å²) < 4.78 is 0. The normalized spacial score (nSPS) is 11.8. The van der Waals surface area contributed by atoms with E-state index in [1.807, 2.05) is 24.3 Å². The zero-order chi connectivity index (χ0) is 14.4. The van der Waals surface area contributed by atoms with E-state index in [4.69, 9.17) is 5.26 Å². The first-order chi connectivity index (χ1) is 9.72.